The lowest BCUT2D eigenvalue weighted by Gasteiger charge is -2.02. The van der Waals surface area contributed by atoms with Crippen molar-refractivity contribution in [3.63, 3.8) is 0 Å². The maximum absolute atomic E-state index is 11.4. The summed E-state index contributed by atoms with van der Waals surface area (Å²) in [7, 11) is 0. The summed E-state index contributed by atoms with van der Waals surface area (Å²) < 4.78 is 1.11. The lowest BCUT2D eigenvalue weighted by atomic mass is 10.0. The van der Waals surface area contributed by atoms with E-state index in [2.05, 4.69) is 40.2 Å². The number of rotatable bonds is 1. The van der Waals surface area contributed by atoms with Gasteiger partial charge in [0, 0.05) is 10.0 Å². The largest absolute Gasteiger partial charge is 0.295 e. The fourth-order valence-corrected chi connectivity index (χ4v) is 2.81. The van der Waals surface area contributed by atoms with Gasteiger partial charge in [0.2, 0.25) is 0 Å². The Labute approximate surface area is 109 Å². The molecule has 0 aromatic heterocycles. The molecule has 0 fully saturated rings. The molecule has 17 heavy (non-hydrogen) atoms. The number of fused-ring (bicyclic) bond motifs is 3. The van der Waals surface area contributed by atoms with Crippen molar-refractivity contribution in [2.45, 2.75) is 13.3 Å². The molecule has 3 rings (SSSR count). The fraction of sp³-hybridized carbons (Fsp3) is 0.133. The molecule has 84 valence electrons. The predicted molar refractivity (Wildman–Crippen MR) is 72.4 cm³/mol. The Morgan fingerprint density at radius 1 is 1.06 bits per heavy atom. The van der Waals surface area contributed by atoms with E-state index in [0.29, 0.717) is 0 Å². The summed E-state index contributed by atoms with van der Waals surface area (Å²) in [5.41, 5.74) is 5.94. The van der Waals surface area contributed by atoms with E-state index in [1.807, 2.05) is 12.1 Å². The predicted octanol–water partition coefficient (Wildman–Crippen LogP) is 4.22. The standard InChI is InChI=1S/C15H11BrO/c1-9(17)10-2-4-14-11(6-10)7-12-8-13(16)3-5-15(12)14/h2-6,8H,7H2,1H3. The van der Waals surface area contributed by atoms with Gasteiger partial charge in [-0.3, -0.25) is 4.79 Å². The van der Waals surface area contributed by atoms with Gasteiger partial charge in [0.15, 0.2) is 5.78 Å². The highest BCUT2D eigenvalue weighted by Crippen LogP contribution is 2.38. The highest BCUT2D eigenvalue weighted by atomic mass is 79.9. The summed E-state index contributed by atoms with van der Waals surface area (Å²) in [5.74, 6) is 0.130. The molecule has 2 aromatic rings. The van der Waals surface area contributed by atoms with Crippen molar-refractivity contribution in [1.29, 1.82) is 0 Å². The number of ketones is 1. The van der Waals surface area contributed by atoms with E-state index in [1.165, 1.54) is 22.3 Å². The smallest absolute Gasteiger partial charge is 0.159 e. The van der Waals surface area contributed by atoms with Gasteiger partial charge < -0.3 is 0 Å². The molecule has 0 aliphatic heterocycles. The quantitative estimate of drug-likeness (QED) is 0.612. The first kappa shape index (κ1) is 10.7. The fourth-order valence-electron chi connectivity index (χ4n) is 2.40. The van der Waals surface area contributed by atoms with E-state index in [9.17, 15) is 4.79 Å². The Kier molecular flexibility index (Phi) is 2.40. The Balaban J connectivity index is 2.15. The minimum absolute atomic E-state index is 0.130. The number of hydrogen-bond acceptors (Lipinski definition) is 1. The number of Topliss-reactive ketones (excluding diaryl/α,β-unsaturated/α-hetero) is 1. The van der Waals surface area contributed by atoms with Crippen LogP contribution in [0.4, 0.5) is 0 Å². The van der Waals surface area contributed by atoms with Gasteiger partial charge in [0.25, 0.3) is 0 Å². The minimum Gasteiger partial charge on any atom is -0.295 e. The number of halogens is 1. The normalized spacial score (nSPS) is 12.1. The van der Waals surface area contributed by atoms with E-state index < -0.39 is 0 Å². The zero-order valence-corrected chi connectivity index (χ0v) is 11.0. The first-order valence-corrected chi connectivity index (χ1v) is 6.37. The first-order valence-electron chi connectivity index (χ1n) is 5.58. The number of benzene rings is 2. The maximum atomic E-state index is 11.4. The van der Waals surface area contributed by atoms with Crippen molar-refractivity contribution in [1.82, 2.24) is 0 Å². The van der Waals surface area contributed by atoms with Gasteiger partial charge in [0.05, 0.1) is 0 Å². The molecule has 0 unspecified atom stereocenters. The molecule has 1 aliphatic rings. The molecule has 0 amide bonds. The number of hydrogen-bond donors (Lipinski definition) is 0. The zero-order chi connectivity index (χ0) is 12.0. The Hall–Kier alpha value is -1.41. The Bertz CT molecular complexity index is 629. The van der Waals surface area contributed by atoms with Gasteiger partial charge in [-0.1, -0.05) is 34.1 Å². The lowest BCUT2D eigenvalue weighted by molar-refractivity contribution is 0.101. The summed E-state index contributed by atoms with van der Waals surface area (Å²) >= 11 is 3.49. The molecular formula is C15H11BrO. The average Bonchev–Trinajstić information content (AvgIpc) is 2.64. The second kappa shape index (κ2) is 3.81. The third-order valence-corrected chi connectivity index (χ3v) is 3.74. The van der Waals surface area contributed by atoms with E-state index >= 15 is 0 Å². The lowest BCUT2D eigenvalue weighted by Crippen LogP contribution is -1.93. The SMILES string of the molecule is CC(=O)c1ccc2c(c1)Cc1cc(Br)ccc1-2. The van der Waals surface area contributed by atoms with Crippen molar-refractivity contribution in [3.05, 3.63) is 57.6 Å². The third-order valence-electron chi connectivity index (χ3n) is 3.25. The van der Waals surface area contributed by atoms with Crippen LogP contribution in [-0.4, -0.2) is 5.78 Å². The van der Waals surface area contributed by atoms with Crippen molar-refractivity contribution in [3.8, 4) is 11.1 Å². The highest BCUT2D eigenvalue weighted by Gasteiger charge is 2.19. The molecule has 0 heterocycles. The zero-order valence-electron chi connectivity index (χ0n) is 9.46. The van der Waals surface area contributed by atoms with Crippen molar-refractivity contribution < 1.29 is 4.79 Å². The van der Waals surface area contributed by atoms with Crippen LogP contribution in [0.5, 0.6) is 0 Å². The Morgan fingerprint density at radius 3 is 2.41 bits per heavy atom. The van der Waals surface area contributed by atoms with Gasteiger partial charge in [-0.15, -0.1) is 0 Å². The van der Waals surface area contributed by atoms with Crippen molar-refractivity contribution in [2.24, 2.45) is 0 Å². The molecule has 0 saturated heterocycles. The van der Waals surface area contributed by atoms with Crippen LogP contribution in [0, 0.1) is 0 Å². The van der Waals surface area contributed by atoms with Crippen LogP contribution >= 0.6 is 15.9 Å². The summed E-state index contributed by atoms with van der Waals surface area (Å²) in [4.78, 5) is 11.4. The van der Waals surface area contributed by atoms with Crippen LogP contribution in [0.1, 0.15) is 28.4 Å². The first-order chi connectivity index (χ1) is 8.15. The number of carbonyl (C=O) groups is 1. The molecule has 0 N–H and O–H groups in total. The van der Waals surface area contributed by atoms with Crippen molar-refractivity contribution in [2.75, 3.05) is 0 Å². The van der Waals surface area contributed by atoms with E-state index in [4.69, 9.17) is 0 Å². The molecule has 1 nitrogen and oxygen atoms in total. The van der Waals surface area contributed by atoms with Crippen LogP contribution in [0.3, 0.4) is 0 Å². The Morgan fingerprint density at radius 2 is 1.71 bits per heavy atom. The molecule has 1 aliphatic carbocycles. The molecule has 0 bridgehead atoms. The molecule has 0 spiro atoms. The highest BCUT2D eigenvalue weighted by molar-refractivity contribution is 9.10. The second-order valence-corrected chi connectivity index (χ2v) is 5.32. The van der Waals surface area contributed by atoms with Gasteiger partial charge in [-0.2, -0.15) is 0 Å². The maximum Gasteiger partial charge on any atom is 0.159 e. The van der Waals surface area contributed by atoms with Gasteiger partial charge in [-0.05, 0) is 53.8 Å². The second-order valence-electron chi connectivity index (χ2n) is 4.41. The molecule has 0 radical (unpaired) electrons. The summed E-state index contributed by atoms with van der Waals surface area (Å²) in [6.07, 6.45) is 0.922. The van der Waals surface area contributed by atoms with Gasteiger partial charge >= 0.3 is 0 Å². The monoisotopic (exact) mass is 286 g/mol. The van der Waals surface area contributed by atoms with Crippen molar-refractivity contribution >= 4 is 21.7 Å². The third kappa shape index (κ3) is 1.73. The average molecular weight is 287 g/mol. The molecule has 0 saturated carbocycles. The van der Waals surface area contributed by atoms with Crippen LogP contribution in [0.25, 0.3) is 11.1 Å². The van der Waals surface area contributed by atoms with Crippen LogP contribution in [0.2, 0.25) is 0 Å². The molecule has 2 aromatic carbocycles. The summed E-state index contributed by atoms with van der Waals surface area (Å²) in [6.45, 7) is 1.61. The number of carbonyl (C=O) groups excluding carboxylic acids is 1. The van der Waals surface area contributed by atoms with E-state index in [0.717, 1.165) is 16.5 Å². The van der Waals surface area contributed by atoms with E-state index in [1.54, 1.807) is 6.92 Å². The van der Waals surface area contributed by atoms with Crippen LogP contribution < -0.4 is 0 Å². The topological polar surface area (TPSA) is 17.1 Å². The van der Waals surface area contributed by atoms with E-state index in [-0.39, 0.29) is 5.78 Å². The van der Waals surface area contributed by atoms with Gasteiger partial charge in [-0.25, -0.2) is 0 Å². The van der Waals surface area contributed by atoms with Gasteiger partial charge in [0.1, 0.15) is 0 Å². The van der Waals surface area contributed by atoms with Crippen LogP contribution in [0.15, 0.2) is 40.9 Å². The summed E-state index contributed by atoms with van der Waals surface area (Å²) in [6, 6.07) is 12.4. The van der Waals surface area contributed by atoms with Crippen LogP contribution in [-0.2, 0) is 6.42 Å². The molecule has 0 atom stereocenters. The minimum atomic E-state index is 0.130. The molecular weight excluding hydrogens is 276 g/mol. The molecule has 2 heteroatoms. The summed E-state index contributed by atoms with van der Waals surface area (Å²) in [5, 5.41) is 0.